The van der Waals surface area contributed by atoms with Crippen molar-refractivity contribution in [3.05, 3.63) is 216 Å². The number of hydrogen-bond donors (Lipinski definition) is 4. The smallest absolute Gasteiger partial charge is 0.305 e. The Morgan fingerprint density at radius 2 is 0.932 bits per heavy atom. The first kappa shape index (κ1) is 80.1. The fourth-order valence-corrected chi connectivity index (χ4v) is 12.1. The molecule has 0 saturated heterocycles. The summed E-state index contributed by atoms with van der Waals surface area (Å²) in [6.07, 6.45) is 14.8. The Morgan fingerprint density at radius 1 is 0.524 bits per heavy atom. The maximum atomic E-state index is 13.3. The van der Waals surface area contributed by atoms with Crippen LogP contribution in [0.15, 0.2) is 170 Å². The summed E-state index contributed by atoms with van der Waals surface area (Å²) >= 11 is 10.9. The molecule has 8 heterocycles. The topological polar surface area (TPSA) is 279 Å². The van der Waals surface area contributed by atoms with Gasteiger partial charge in [-0.15, -0.1) is 0 Å². The normalized spacial score (nSPS) is 10.4. The van der Waals surface area contributed by atoms with Crippen molar-refractivity contribution in [2.45, 2.75) is 99.3 Å². The Morgan fingerprint density at radius 3 is 1.31 bits per heavy atom. The van der Waals surface area contributed by atoms with E-state index in [2.05, 4.69) is 67.8 Å². The monoisotopic (exact) mass is 1500 g/mol. The first-order chi connectivity index (χ1) is 49.4. The molecular weight excluding hydrogens is 1420 g/mol. The number of hydrogen-bond acceptors (Lipinski definition) is 24. The molecule has 0 aliphatic heterocycles. The average molecular weight is 1500 g/mol. The summed E-state index contributed by atoms with van der Waals surface area (Å²) in [5.41, 5.74) is 14.4. The van der Waals surface area contributed by atoms with Crippen molar-refractivity contribution >= 4 is 108 Å². The van der Waals surface area contributed by atoms with Gasteiger partial charge in [0, 0.05) is 90.1 Å². The number of unbranched alkanes of at least 4 members (excludes halogenated alkanes) is 6. The quantitative estimate of drug-likeness (QED) is 0.00787. The van der Waals surface area contributed by atoms with E-state index in [0.29, 0.717) is 53.1 Å². The SMILES string of the molecule is C.CCOC(=O)CCCCCCN(c1cc(-c2ccc(F)cc2)ccn1)c1nc(C)ns1.C[n+]1nsc(N)n1.Cc1nsc(N(CCCCCCC(=O)NO)c2cc(-c3ccc(F)cc3)ccn2)n1.Cc1nsc(Nc2cc(-c3ccc(F)cc3)ccn2)n1.Fc1ccc(-c2ccnc(Cl)c2)cc1. The van der Waals surface area contributed by atoms with E-state index in [0.717, 1.165) is 136 Å². The molecule has 31 heteroatoms. The summed E-state index contributed by atoms with van der Waals surface area (Å²) in [5, 5.41) is 18.6. The fourth-order valence-electron chi connectivity index (χ4n) is 9.56. The molecule has 0 saturated carbocycles. The minimum absolute atomic E-state index is 0. The van der Waals surface area contributed by atoms with Crippen LogP contribution >= 0.6 is 57.7 Å². The number of halogens is 5. The largest absolute Gasteiger partial charge is 0.466 e. The van der Waals surface area contributed by atoms with E-state index >= 15 is 0 Å². The minimum Gasteiger partial charge on any atom is -0.466 e. The van der Waals surface area contributed by atoms with Crippen molar-refractivity contribution in [3.8, 4) is 44.5 Å². The first-order valence-corrected chi connectivity index (χ1v) is 35.7. The summed E-state index contributed by atoms with van der Waals surface area (Å²) in [5.74, 6) is 2.89. The molecule has 0 unspecified atom stereocenters. The highest BCUT2D eigenvalue weighted by atomic mass is 35.5. The lowest BCUT2D eigenvalue weighted by Crippen LogP contribution is -2.32. The van der Waals surface area contributed by atoms with Crippen molar-refractivity contribution in [3.63, 3.8) is 0 Å². The number of nitrogen functional groups attached to an aromatic ring is 1. The minimum atomic E-state index is -0.359. The molecule has 12 rings (SSSR count). The van der Waals surface area contributed by atoms with E-state index in [1.165, 1.54) is 99.5 Å². The highest BCUT2D eigenvalue weighted by Crippen LogP contribution is 2.33. The Hall–Kier alpha value is -10.2. The fraction of sp³-hybridized carbons (Fsp3) is 0.264. The molecule has 0 aliphatic carbocycles. The number of esters is 1. The number of nitrogens with one attached hydrogen (secondary N) is 2. The number of aromatic nitrogens is 13. The summed E-state index contributed by atoms with van der Waals surface area (Å²) in [7, 11) is 1.73. The summed E-state index contributed by atoms with van der Waals surface area (Å²) in [6.45, 7) is 9.27. The first-order valence-electron chi connectivity index (χ1n) is 32.2. The Labute approximate surface area is 616 Å². The second-order valence-electron chi connectivity index (χ2n) is 22.2. The molecule has 0 bridgehead atoms. The predicted octanol–water partition coefficient (Wildman–Crippen LogP) is 17.3. The number of ether oxygens (including phenoxy) is 1. The number of amides is 1. The van der Waals surface area contributed by atoms with Crippen LogP contribution in [0.2, 0.25) is 5.15 Å². The van der Waals surface area contributed by atoms with E-state index in [4.69, 9.17) is 27.3 Å². The van der Waals surface area contributed by atoms with Gasteiger partial charge in [0.15, 0.2) is 7.05 Å². The van der Waals surface area contributed by atoms with Crippen molar-refractivity contribution < 1.29 is 41.9 Å². The van der Waals surface area contributed by atoms with Gasteiger partial charge in [-0.25, -0.2) is 57.9 Å². The molecule has 103 heavy (non-hydrogen) atoms. The van der Waals surface area contributed by atoms with Gasteiger partial charge in [0.1, 0.15) is 63.3 Å². The van der Waals surface area contributed by atoms with Crippen LogP contribution in [0.3, 0.4) is 0 Å². The molecule has 0 spiro atoms. The Balaban J connectivity index is 0.000000191. The lowest BCUT2D eigenvalue weighted by atomic mass is 10.1. The van der Waals surface area contributed by atoms with Crippen LogP contribution in [-0.2, 0) is 21.4 Å². The van der Waals surface area contributed by atoms with Gasteiger partial charge in [-0.1, -0.05) is 93.2 Å². The molecule has 5 N–H and O–H groups in total. The number of carbonyl (C=O) groups is 2. The van der Waals surface area contributed by atoms with Crippen molar-refractivity contribution in [1.82, 2.24) is 63.1 Å². The highest BCUT2D eigenvalue weighted by molar-refractivity contribution is 7.10. The molecule has 0 fully saturated rings. The molecule has 0 aliphatic rings. The summed E-state index contributed by atoms with van der Waals surface area (Å²) in [6, 6.07) is 40.5. The van der Waals surface area contributed by atoms with E-state index in [1.807, 2.05) is 75.1 Å². The molecule has 0 atom stereocenters. The third kappa shape index (κ3) is 27.2. The Bertz CT molecular complexity index is 4510. The van der Waals surface area contributed by atoms with Gasteiger partial charge in [-0.2, -0.15) is 13.1 Å². The predicted molar refractivity (Wildman–Crippen MR) is 400 cm³/mol. The third-order valence-electron chi connectivity index (χ3n) is 14.5. The number of aryl methyl sites for hydroxylation is 4. The van der Waals surface area contributed by atoms with E-state index in [1.54, 1.807) is 91.9 Å². The second-order valence-corrected chi connectivity index (χ2v) is 25.6. The number of hydroxylamine groups is 1. The lowest BCUT2D eigenvalue weighted by Gasteiger charge is -2.21. The molecule has 1 amide bonds. The lowest BCUT2D eigenvalue weighted by molar-refractivity contribution is -0.777. The van der Waals surface area contributed by atoms with Crippen LogP contribution in [0.5, 0.6) is 0 Å². The molecule has 8 aromatic heterocycles. The molecular formula is C72H78ClF4N18O4S4+. The van der Waals surface area contributed by atoms with Crippen LogP contribution < -0.4 is 31.1 Å². The van der Waals surface area contributed by atoms with E-state index in [9.17, 15) is 27.2 Å². The van der Waals surface area contributed by atoms with Crippen LogP contribution in [-0.4, -0.2) is 94.4 Å². The number of nitrogens with zero attached hydrogens (tertiary/aromatic N) is 15. The highest BCUT2D eigenvalue weighted by Gasteiger charge is 2.19. The molecule has 22 nitrogen and oxygen atoms in total. The van der Waals surface area contributed by atoms with Crippen molar-refractivity contribution in [1.29, 1.82) is 0 Å². The zero-order valence-electron chi connectivity index (χ0n) is 56.3. The zero-order valence-corrected chi connectivity index (χ0v) is 60.4. The van der Waals surface area contributed by atoms with Gasteiger partial charge in [-0.3, -0.25) is 14.8 Å². The second kappa shape index (κ2) is 42.2. The number of nitrogens with two attached hydrogens (primary N) is 1. The van der Waals surface area contributed by atoms with Crippen molar-refractivity contribution in [2.75, 3.05) is 40.5 Å². The maximum absolute atomic E-state index is 13.3. The zero-order chi connectivity index (χ0) is 72.6. The van der Waals surface area contributed by atoms with E-state index in [-0.39, 0.29) is 42.6 Å². The van der Waals surface area contributed by atoms with Crippen molar-refractivity contribution in [2.24, 2.45) is 7.05 Å². The third-order valence-corrected chi connectivity index (χ3v) is 17.6. The van der Waals surface area contributed by atoms with Gasteiger partial charge < -0.3 is 25.6 Å². The van der Waals surface area contributed by atoms with Crippen LogP contribution in [0.4, 0.5) is 55.5 Å². The van der Waals surface area contributed by atoms with Crippen LogP contribution in [0.1, 0.15) is 96.0 Å². The number of benzene rings is 4. The van der Waals surface area contributed by atoms with Gasteiger partial charge in [0.25, 0.3) is 5.13 Å². The number of rotatable bonds is 25. The number of pyridine rings is 4. The van der Waals surface area contributed by atoms with Crippen LogP contribution in [0.25, 0.3) is 44.5 Å². The van der Waals surface area contributed by atoms with Gasteiger partial charge >= 0.3 is 5.97 Å². The Kier molecular flexibility index (Phi) is 32.8. The van der Waals surface area contributed by atoms with Gasteiger partial charge in [0.05, 0.1) is 27.7 Å². The molecule has 0 radical (unpaired) electrons. The standard InChI is InChI=1S/C23H27FN4O2S.C21H24FN5O2S.C14H11FN4S.C11H7ClFN.C2H5N4S.CH4/c1-3-30-22(29)8-6-4-5-7-15-28(23-26-17(2)27-31-23)21-16-19(13-14-25-21)18-9-11-20(24)12-10-18;1-15-24-21(30-26-15)27(13-5-3-2-4-6-20(28)25-29)19-14-17(11-12-23-19)16-7-9-18(22)10-8-16;1-9-17-14(20-19-9)18-13-8-11(6-7-16-13)10-2-4-12(15)5-3-10;12-11-7-9(5-6-14-11)8-1-3-10(13)4-2-8;1-6-4-2(3)7-5-6;/h9-14,16H,3-8,15H2,1-2H3;7-12,14,29H,2-6,13H2,1H3,(H,25,28);2-8H,1H3,(H,16,17,18,19);1-7H;1H3,(H2,3,4,5);1H4/q;;;;+1;. The molecule has 4 aromatic carbocycles. The average Bonchev–Trinajstić information content (AvgIpc) is 1.81. The number of anilines is 7. The summed E-state index contributed by atoms with van der Waals surface area (Å²) in [4.78, 5) is 58.6. The molecule has 12 aromatic rings. The number of carbonyl (C=O) groups excluding carboxylic acids is 2. The summed E-state index contributed by atoms with van der Waals surface area (Å²) < 4.78 is 73.5. The van der Waals surface area contributed by atoms with Gasteiger partial charge in [-0.05, 0) is 195 Å². The van der Waals surface area contributed by atoms with Gasteiger partial charge in [0.2, 0.25) is 21.3 Å². The maximum Gasteiger partial charge on any atom is 0.305 e. The van der Waals surface area contributed by atoms with E-state index < -0.39 is 0 Å². The van der Waals surface area contributed by atoms with Crippen LogP contribution in [0, 0.1) is 44.0 Å². The molecule has 538 valence electrons.